The summed E-state index contributed by atoms with van der Waals surface area (Å²) in [4.78, 5) is 19.1. The van der Waals surface area contributed by atoms with Crippen LogP contribution in [0.5, 0.6) is 0 Å². The van der Waals surface area contributed by atoms with Crippen LogP contribution in [0.4, 0.5) is 4.79 Å². The number of benzene rings is 1. The molecular weight excluding hydrogens is 302 g/mol. The Labute approximate surface area is 145 Å². The molecule has 2 amide bonds. The zero-order chi connectivity index (χ0) is 16.9. The van der Waals surface area contributed by atoms with Crippen molar-refractivity contribution in [1.82, 2.24) is 14.7 Å². The number of carbonyl (C=O) groups is 1. The largest absolute Gasteiger partial charge is 0.378 e. The molecule has 0 N–H and O–H groups in total. The van der Waals surface area contributed by atoms with Crippen LogP contribution in [0.1, 0.15) is 31.4 Å². The average Bonchev–Trinajstić information content (AvgIpc) is 2.67. The minimum absolute atomic E-state index is 0.150. The lowest BCUT2D eigenvalue weighted by Crippen LogP contribution is -2.54. The van der Waals surface area contributed by atoms with Crippen molar-refractivity contribution in [2.45, 2.75) is 31.8 Å². The maximum absolute atomic E-state index is 12.7. The molecule has 3 rings (SSSR count). The predicted molar refractivity (Wildman–Crippen MR) is 95.0 cm³/mol. The van der Waals surface area contributed by atoms with Gasteiger partial charge in [-0.05, 0) is 31.9 Å². The zero-order valence-corrected chi connectivity index (χ0v) is 14.9. The Kier molecular flexibility index (Phi) is 5.74. The summed E-state index contributed by atoms with van der Waals surface area (Å²) in [7, 11) is 1.96. The van der Waals surface area contributed by atoms with E-state index in [-0.39, 0.29) is 6.03 Å². The minimum Gasteiger partial charge on any atom is -0.378 e. The molecule has 132 valence electrons. The third kappa shape index (κ3) is 3.90. The lowest BCUT2D eigenvalue weighted by atomic mass is 10.00. The first-order valence-corrected chi connectivity index (χ1v) is 9.05. The summed E-state index contributed by atoms with van der Waals surface area (Å²) >= 11 is 0. The monoisotopic (exact) mass is 331 g/mol. The van der Waals surface area contributed by atoms with E-state index in [1.165, 1.54) is 5.56 Å². The summed E-state index contributed by atoms with van der Waals surface area (Å²) in [5, 5.41) is 0. The first-order chi connectivity index (χ1) is 11.7. The normalized spacial score (nSPS) is 23.8. The van der Waals surface area contributed by atoms with Gasteiger partial charge in [-0.3, -0.25) is 4.90 Å². The molecule has 0 saturated carbocycles. The highest BCUT2D eigenvalue weighted by Crippen LogP contribution is 2.26. The second-order valence-electron chi connectivity index (χ2n) is 6.87. The minimum atomic E-state index is 0.150. The Morgan fingerprint density at radius 2 is 1.92 bits per heavy atom. The summed E-state index contributed by atoms with van der Waals surface area (Å²) in [6.07, 6.45) is 2.23. The molecule has 2 heterocycles. The van der Waals surface area contributed by atoms with Crippen LogP contribution in [0.25, 0.3) is 0 Å². The number of nitrogens with zero attached hydrogens (tertiary/aromatic N) is 3. The fraction of sp³-hybridized carbons (Fsp3) is 0.632. The topological polar surface area (TPSA) is 36.0 Å². The number of likely N-dealkylation sites (tertiary alicyclic amines) is 1. The van der Waals surface area contributed by atoms with E-state index in [2.05, 4.69) is 42.2 Å². The lowest BCUT2D eigenvalue weighted by molar-refractivity contribution is 0.0346. The van der Waals surface area contributed by atoms with Gasteiger partial charge >= 0.3 is 6.03 Å². The highest BCUT2D eigenvalue weighted by atomic mass is 16.5. The van der Waals surface area contributed by atoms with E-state index < -0.39 is 0 Å². The van der Waals surface area contributed by atoms with Crippen LogP contribution in [-0.2, 0) is 4.74 Å². The van der Waals surface area contributed by atoms with Crippen LogP contribution in [0.3, 0.4) is 0 Å². The van der Waals surface area contributed by atoms with Crippen molar-refractivity contribution >= 4 is 6.03 Å². The van der Waals surface area contributed by atoms with Gasteiger partial charge in [-0.25, -0.2) is 4.79 Å². The number of piperidine rings is 1. The van der Waals surface area contributed by atoms with Crippen LogP contribution in [-0.4, -0.2) is 73.2 Å². The summed E-state index contributed by atoms with van der Waals surface area (Å²) in [5.41, 5.74) is 1.35. The smallest absolute Gasteiger partial charge is 0.320 e. The number of ether oxygens (including phenoxy) is 1. The van der Waals surface area contributed by atoms with Crippen LogP contribution < -0.4 is 0 Å². The van der Waals surface area contributed by atoms with Crippen molar-refractivity contribution in [3.8, 4) is 0 Å². The molecular formula is C19H29N3O2. The molecule has 0 bridgehead atoms. The molecule has 2 aliphatic rings. The summed E-state index contributed by atoms with van der Waals surface area (Å²) in [5.74, 6) is 0. The van der Waals surface area contributed by atoms with Gasteiger partial charge in [0.25, 0.3) is 0 Å². The van der Waals surface area contributed by atoms with E-state index in [0.29, 0.717) is 38.4 Å². The van der Waals surface area contributed by atoms with Gasteiger partial charge in [0.05, 0.1) is 13.2 Å². The molecule has 5 nitrogen and oxygen atoms in total. The fourth-order valence-electron chi connectivity index (χ4n) is 3.73. The molecule has 0 spiro atoms. The highest BCUT2D eigenvalue weighted by Gasteiger charge is 2.31. The van der Waals surface area contributed by atoms with Gasteiger partial charge in [0.1, 0.15) is 0 Å². The standard InChI is InChI=1S/C19H29N3O2/c1-16(17-7-4-3-5-8-17)22-10-6-9-18(15-22)20(2)19(23)21-11-13-24-14-12-21/h3-5,7-8,16,18H,6,9-15H2,1-2H3. The van der Waals surface area contributed by atoms with Gasteiger partial charge in [0.15, 0.2) is 0 Å². The lowest BCUT2D eigenvalue weighted by Gasteiger charge is -2.42. The molecule has 2 saturated heterocycles. The Morgan fingerprint density at radius 3 is 2.62 bits per heavy atom. The molecule has 2 unspecified atom stereocenters. The maximum Gasteiger partial charge on any atom is 0.320 e. The molecule has 2 aliphatic heterocycles. The van der Waals surface area contributed by atoms with E-state index in [1.54, 1.807) is 0 Å². The Bertz CT molecular complexity index is 531. The number of likely N-dealkylation sites (N-methyl/N-ethyl adjacent to an activating group) is 1. The van der Waals surface area contributed by atoms with E-state index in [0.717, 1.165) is 25.9 Å². The maximum atomic E-state index is 12.7. The van der Waals surface area contributed by atoms with Crippen molar-refractivity contribution in [3.63, 3.8) is 0 Å². The second-order valence-corrected chi connectivity index (χ2v) is 6.87. The predicted octanol–water partition coefficient (Wildman–Crippen LogP) is 2.60. The van der Waals surface area contributed by atoms with Crippen molar-refractivity contribution in [2.75, 3.05) is 46.4 Å². The molecule has 0 aromatic heterocycles. The third-order valence-corrected chi connectivity index (χ3v) is 5.39. The number of rotatable bonds is 3. The van der Waals surface area contributed by atoms with Gasteiger partial charge < -0.3 is 14.5 Å². The van der Waals surface area contributed by atoms with Crippen LogP contribution in [0, 0.1) is 0 Å². The molecule has 0 radical (unpaired) electrons. The average molecular weight is 331 g/mol. The Balaban J connectivity index is 1.61. The van der Waals surface area contributed by atoms with Crippen molar-refractivity contribution in [2.24, 2.45) is 0 Å². The van der Waals surface area contributed by atoms with Crippen molar-refractivity contribution in [1.29, 1.82) is 0 Å². The molecule has 2 atom stereocenters. The quantitative estimate of drug-likeness (QED) is 0.854. The van der Waals surface area contributed by atoms with Crippen LogP contribution in [0.2, 0.25) is 0 Å². The van der Waals surface area contributed by atoms with Crippen molar-refractivity contribution in [3.05, 3.63) is 35.9 Å². The number of hydrogen-bond acceptors (Lipinski definition) is 3. The first kappa shape index (κ1) is 17.2. The summed E-state index contributed by atoms with van der Waals surface area (Å²) in [6.45, 7) is 7.04. The van der Waals surface area contributed by atoms with Gasteiger partial charge in [-0.15, -0.1) is 0 Å². The van der Waals surface area contributed by atoms with E-state index >= 15 is 0 Å². The van der Waals surface area contributed by atoms with Crippen molar-refractivity contribution < 1.29 is 9.53 Å². The second kappa shape index (κ2) is 7.99. The van der Waals surface area contributed by atoms with Gasteiger partial charge in [0, 0.05) is 38.8 Å². The van der Waals surface area contributed by atoms with E-state index in [4.69, 9.17) is 4.74 Å². The summed E-state index contributed by atoms with van der Waals surface area (Å²) in [6, 6.07) is 11.5. The van der Waals surface area contributed by atoms with Crippen LogP contribution >= 0.6 is 0 Å². The van der Waals surface area contributed by atoms with Gasteiger partial charge in [0.2, 0.25) is 0 Å². The Hall–Kier alpha value is -1.59. The number of hydrogen-bond donors (Lipinski definition) is 0. The molecule has 5 heteroatoms. The number of morpholine rings is 1. The van der Waals surface area contributed by atoms with Crippen LogP contribution in [0.15, 0.2) is 30.3 Å². The number of urea groups is 1. The first-order valence-electron chi connectivity index (χ1n) is 9.05. The molecule has 1 aromatic rings. The van der Waals surface area contributed by atoms with E-state index in [9.17, 15) is 4.79 Å². The SMILES string of the molecule is CC(c1ccccc1)N1CCCC(N(C)C(=O)N2CCOCC2)C1. The summed E-state index contributed by atoms with van der Waals surface area (Å²) < 4.78 is 5.35. The number of carbonyl (C=O) groups excluding carboxylic acids is 1. The molecule has 2 fully saturated rings. The number of amides is 2. The third-order valence-electron chi connectivity index (χ3n) is 5.39. The Morgan fingerprint density at radius 1 is 1.21 bits per heavy atom. The fourth-order valence-corrected chi connectivity index (χ4v) is 3.73. The van der Waals surface area contributed by atoms with Gasteiger partial charge in [-0.1, -0.05) is 30.3 Å². The zero-order valence-electron chi connectivity index (χ0n) is 14.9. The highest BCUT2D eigenvalue weighted by molar-refractivity contribution is 5.74. The molecule has 1 aromatic carbocycles. The van der Waals surface area contributed by atoms with Gasteiger partial charge in [-0.2, -0.15) is 0 Å². The molecule has 24 heavy (non-hydrogen) atoms. The molecule has 0 aliphatic carbocycles. The van der Waals surface area contributed by atoms with E-state index in [1.807, 2.05) is 16.8 Å².